The van der Waals surface area contributed by atoms with Gasteiger partial charge in [0, 0.05) is 18.3 Å². The van der Waals surface area contributed by atoms with Crippen LogP contribution in [0.5, 0.6) is 0 Å². The summed E-state index contributed by atoms with van der Waals surface area (Å²) in [4.78, 5) is 40.5. The SMILES string of the molecule is CC1(C)CC[C@]2(C(=O)O)CC[C@]3(CC(=O)/C=C/c4ccccc4)[C@H](CC[C@@H]4[C@@]5(C)CCC(=O)C(C)(C)[C@@H]5CC[C@]43C)[C@@H]2C1. The molecule has 0 spiro atoms. The first kappa shape index (κ1) is 30.8. The van der Waals surface area contributed by atoms with Gasteiger partial charge in [0.25, 0.3) is 0 Å². The number of fused-ring (bicyclic) bond motifs is 7. The summed E-state index contributed by atoms with van der Waals surface area (Å²) in [5.74, 6) is 1.11. The Kier molecular flexibility index (Phi) is 7.26. The number of carbonyl (C=O) groups is 3. The Morgan fingerprint density at radius 3 is 2.23 bits per heavy atom. The molecule has 4 nitrogen and oxygen atoms in total. The van der Waals surface area contributed by atoms with E-state index >= 15 is 0 Å². The number of rotatable bonds is 5. The quantitative estimate of drug-likeness (QED) is 0.349. The predicted octanol–water partition coefficient (Wildman–Crippen LogP) is 9.17. The minimum atomic E-state index is -0.670. The molecule has 1 aromatic carbocycles. The van der Waals surface area contributed by atoms with Crippen LogP contribution in [0, 0.1) is 56.2 Å². The van der Waals surface area contributed by atoms with Crippen molar-refractivity contribution in [3.63, 3.8) is 0 Å². The summed E-state index contributed by atoms with van der Waals surface area (Å²) in [7, 11) is 0. The summed E-state index contributed by atoms with van der Waals surface area (Å²) in [5.41, 5.74) is -0.0916. The second-order valence-corrected chi connectivity index (χ2v) is 17.4. The average Bonchev–Trinajstić information content (AvgIpc) is 2.94. The fraction of sp³-hybridized carbons (Fsp3) is 0.718. The van der Waals surface area contributed by atoms with Crippen LogP contribution in [0.15, 0.2) is 36.4 Å². The maximum Gasteiger partial charge on any atom is 0.309 e. The molecule has 5 fully saturated rings. The van der Waals surface area contributed by atoms with Crippen LogP contribution in [-0.4, -0.2) is 22.6 Å². The number of hydrogen-bond donors (Lipinski definition) is 1. The summed E-state index contributed by atoms with van der Waals surface area (Å²) in [6.07, 6.45) is 14.1. The lowest BCUT2D eigenvalue weighted by Gasteiger charge is -2.73. The highest BCUT2D eigenvalue weighted by molar-refractivity contribution is 5.94. The standard InChI is InChI=1S/C39H54O4/c1-34(2)20-21-38(33(42)43)22-23-39(24-27(40)13-12-26-10-8-7-9-11-26)28(29(38)25-34)14-15-31-36(5)18-17-32(41)35(3,4)30(36)16-19-37(31,39)6/h7-13,28-31H,14-25H2,1-6H3,(H,42,43)/b13-12+/t28-,29+,30+,31-,36+,37-,38+,39+/m1/s1. The maximum absolute atomic E-state index is 14.1. The smallest absolute Gasteiger partial charge is 0.309 e. The van der Waals surface area contributed by atoms with Crippen LogP contribution in [-0.2, 0) is 14.4 Å². The van der Waals surface area contributed by atoms with Gasteiger partial charge in [0.1, 0.15) is 5.78 Å². The molecule has 5 aliphatic rings. The molecule has 5 saturated carbocycles. The topological polar surface area (TPSA) is 71.4 Å². The van der Waals surface area contributed by atoms with Crippen molar-refractivity contribution in [2.75, 3.05) is 0 Å². The molecule has 234 valence electrons. The van der Waals surface area contributed by atoms with Gasteiger partial charge in [-0.25, -0.2) is 0 Å². The van der Waals surface area contributed by atoms with Gasteiger partial charge in [-0.15, -0.1) is 0 Å². The minimum absolute atomic E-state index is 0.0540. The zero-order valence-corrected chi connectivity index (χ0v) is 27.5. The molecule has 0 aliphatic heterocycles. The highest BCUT2D eigenvalue weighted by Crippen LogP contribution is 2.77. The summed E-state index contributed by atoms with van der Waals surface area (Å²) < 4.78 is 0. The van der Waals surface area contributed by atoms with E-state index in [4.69, 9.17) is 0 Å². The van der Waals surface area contributed by atoms with Crippen molar-refractivity contribution in [3.05, 3.63) is 42.0 Å². The molecule has 6 rings (SSSR count). The Bertz CT molecular complexity index is 1320. The molecule has 0 aromatic heterocycles. The lowest BCUT2D eigenvalue weighted by atomic mass is 9.30. The molecule has 5 aliphatic carbocycles. The van der Waals surface area contributed by atoms with Crippen LogP contribution < -0.4 is 0 Å². The summed E-state index contributed by atoms with van der Waals surface area (Å²) in [6, 6.07) is 10.1. The van der Waals surface area contributed by atoms with Gasteiger partial charge in [0.05, 0.1) is 5.41 Å². The van der Waals surface area contributed by atoms with Gasteiger partial charge >= 0.3 is 5.97 Å². The van der Waals surface area contributed by atoms with Gasteiger partial charge in [0.15, 0.2) is 5.78 Å². The molecule has 0 radical (unpaired) electrons. The van der Waals surface area contributed by atoms with Crippen molar-refractivity contribution in [2.24, 2.45) is 56.2 Å². The number of aliphatic carboxylic acids is 1. The monoisotopic (exact) mass is 586 g/mol. The molecule has 0 heterocycles. The lowest BCUT2D eigenvalue weighted by Crippen LogP contribution is -2.68. The number of hydrogen-bond acceptors (Lipinski definition) is 3. The zero-order chi connectivity index (χ0) is 31.1. The molecule has 1 N–H and O–H groups in total. The number of allylic oxidation sites excluding steroid dienone is 1. The summed E-state index contributed by atoms with van der Waals surface area (Å²) >= 11 is 0. The number of carbonyl (C=O) groups excluding carboxylic acids is 2. The second-order valence-electron chi connectivity index (χ2n) is 17.4. The Morgan fingerprint density at radius 2 is 1.53 bits per heavy atom. The molecule has 0 bridgehead atoms. The Hall–Kier alpha value is -2.23. The minimum Gasteiger partial charge on any atom is -0.481 e. The molecule has 1 aromatic rings. The van der Waals surface area contributed by atoms with Gasteiger partial charge in [-0.1, -0.05) is 78.0 Å². The molecular formula is C39H54O4. The molecule has 8 atom stereocenters. The number of Topliss-reactive ketones (excluding diaryl/α,β-unsaturated/α-hetero) is 1. The van der Waals surface area contributed by atoms with Gasteiger partial charge in [-0.3, -0.25) is 14.4 Å². The fourth-order valence-electron chi connectivity index (χ4n) is 12.5. The molecule has 0 amide bonds. The van der Waals surface area contributed by atoms with Crippen molar-refractivity contribution in [1.29, 1.82) is 0 Å². The van der Waals surface area contributed by atoms with Gasteiger partial charge in [0.2, 0.25) is 0 Å². The van der Waals surface area contributed by atoms with E-state index in [-0.39, 0.29) is 44.7 Å². The summed E-state index contributed by atoms with van der Waals surface area (Å²) in [5, 5.41) is 10.8. The Morgan fingerprint density at radius 1 is 0.837 bits per heavy atom. The number of carboxylic acids is 1. The fourth-order valence-corrected chi connectivity index (χ4v) is 12.5. The van der Waals surface area contributed by atoms with Gasteiger partial charge in [-0.2, -0.15) is 0 Å². The van der Waals surface area contributed by atoms with Crippen LogP contribution >= 0.6 is 0 Å². The van der Waals surface area contributed by atoms with E-state index in [1.807, 2.05) is 36.4 Å². The first-order valence-electron chi connectivity index (χ1n) is 17.1. The third-order valence-electron chi connectivity index (χ3n) is 14.8. The Labute approximate surface area is 259 Å². The molecule has 4 heteroatoms. The predicted molar refractivity (Wildman–Crippen MR) is 171 cm³/mol. The molecule has 43 heavy (non-hydrogen) atoms. The zero-order valence-electron chi connectivity index (χ0n) is 27.5. The van der Waals surface area contributed by atoms with Crippen molar-refractivity contribution in [3.8, 4) is 0 Å². The average molecular weight is 587 g/mol. The van der Waals surface area contributed by atoms with Gasteiger partial charge < -0.3 is 5.11 Å². The number of benzene rings is 1. The van der Waals surface area contributed by atoms with E-state index < -0.39 is 11.4 Å². The van der Waals surface area contributed by atoms with Crippen LogP contribution in [0.25, 0.3) is 6.08 Å². The highest BCUT2D eigenvalue weighted by atomic mass is 16.4. The molecule has 0 saturated heterocycles. The van der Waals surface area contributed by atoms with E-state index in [2.05, 4.69) is 41.5 Å². The van der Waals surface area contributed by atoms with E-state index in [0.29, 0.717) is 36.9 Å². The van der Waals surface area contributed by atoms with Crippen LogP contribution in [0.2, 0.25) is 0 Å². The van der Waals surface area contributed by atoms with Crippen molar-refractivity contribution in [2.45, 2.75) is 119 Å². The van der Waals surface area contributed by atoms with Crippen LogP contribution in [0.3, 0.4) is 0 Å². The Balaban J connectivity index is 1.45. The summed E-state index contributed by atoms with van der Waals surface area (Å²) in [6.45, 7) is 14.0. The lowest BCUT2D eigenvalue weighted by molar-refractivity contribution is -0.250. The third kappa shape index (κ3) is 4.46. The van der Waals surface area contributed by atoms with Gasteiger partial charge in [-0.05, 0) is 121 Å². The maximum atomic E-state index is 14.1. The largest absolute Gasteiger partial charge is 0.481 e. The molecule has 0 unspecified atom stereocenters. The van der Waals surface area contributed by atoms with Crippen LogP contribution in [0.1, 0.15) is 124 Å². The number of carboxylic acid groups (broad SMARTS) is 1. The molecular weight excluding hydrogens is 532 g/mol. The van der Waals surface area contributed by atoms with Crippen molar-refractivity contribution >= 4 is 23.6 Å². The van der Waals surface area contributed by atoms with E-state index in [1.54, 1.807) is 6.08 Å². The van der Waals surface area contributed by atoms with E-state index in [1.165, 1.54) is 0 Å². The first-order valence-corrected chi connectivity index (χ1v) is 17.1. The first-order chi connectivity index (χ1) is 20.1. The normalized spacial score (nSPS) is 43.2. The van der Waals surface area contributed by atoms with E-state index in [9.17, 15) is 19.5 Å². The van der Waals surface area contributed by atoms with E-state index in [0.717, 1.165) is 63.4 Å². The second kappa shape index (κ2) is 10.1. The van der Waals surface area contributed by atoms with Crippen molar-refractivity contribution < 1.29 is 19.5 Å². The van der Waals surface area contributed by atoms with Crippen LogP contribution in [0.4, 0.5) is 0 Å². The third-order valence-corrected chi connectivity index (χ3v) is 14.8. The number of ketones is 2. The van der Waals surface area contributed by atoms with Crippen molar-refractivity contribution in [1.82, 2.24) is 0 Å². The highest BCUT2D eigenvalue weighted by Gasteiger charge is 2.72.